The zero-order valence-electron chi connectivity index (χ0n) is 29.1. The summed E-state index contributed by atoms with van der Waals surface area (Å²) in [6.07, 6.45) is 4.96. The lowest BCUT2D eigenvalue weighted by atomic mass is 10.1. The van der Waals surface area contributed by atoms with Crippen LogP contribution in [0.15, 0.2) is 53.6 Å². The molecule has 3 amide bonds. The third-order valence-corrected chi connectivity index (χ3v) is 9.23. The predicted molar refractivity (Wildman–Crippen MR) is 192 cm³/mol. The van der Waals surface area contributed by atoms with Gasteiger partial charge in [0.25, 0.3) is 17.4 Å². The van der Waals surface area contributed by atoms with Crippen molar-refractivity contribution in [2.45, 2.75) is 45.4 Å². The molecule has 5 heterocycles. The molecule has 0 bridgehead atoms. The molecule has 6 rings (SSSR count). The van der Waals surface area contributed by atoms with Gasteiger partial charge in [-0.25, -0.2) is 9.97 Å². The molecule has 0 N–H and O–H groups in total. The van der Waals surface area contributed by atoms with Gasteiger partial charge in [-0.15, -0.1) is 0 Å². The predicted octanol–water partition coefficient (Wildman–Crippen LogP) is 4.31. The Labute approximate surface area is 300 Å². The zero-order chi connectivity index (χ0) is 36.4. The van der Waals surface area contributed by atoms with Crippen molar-refractivity contribution in [1.82, 2.24) is 24.0 Å². The smallest absolute Gasteiger partial charge is 0.279 e. The van der Waals surface area contributed by atoms with E-state index >= 15 is 0 Å². The second kappa shape index (κ2) is 14.8. The number of likely N-dealkylation sites (tertiary alicyclic amines) is 1. The van der Waals surface area contributed by atoms with Gasteiger partial charge < -0.3 is 28.4 Å². The Hall–Kier alpha value is -5.45. The largest absolute Gasteiger partial charge is 0.480 e. The number of benzene rings is 1. The maximum atomic E-state index is 13.7. The number of para-hydroxylation sites is 1. The van der Waals surface area contributed by atoms with Crippen LogP contribution in [-0.2, 0) is 23.1 Å². The number of fused-ring (bicyclic) bond motifs is 1. The van der Waals surface area contributed by atoms with Crippen LogP contribution in [0.1, 0.15) is 64.8 Å². The Morgan fingerprint density at radius 1 is 1.18 bits per heavy atom. The van der Waals surface area contributed by atoms with E-state index in [1.807, 2.05) is 42.7 Å². The van der Waals surface area contributed by atoms with Gasteiger partial charge >= 0.3 is 0 Å². The second-order valence-electron chi connectivity index (χ2n) is 12.7. The normalized spacial score (nSPS) is 14.4. The van der Waals surface area contributed by atoms with Crippen molar-refractivity contribution >= 4 is 41.2 Å². The average Bonchev–Trinajstić information content (AvgIpc) is 3.67. The van der Waals surface area contributed by atoms with E-state index in [-0.39, 0.29) is 54.0 Å². The lowest BCUT2D eigenvalue weighted by molar-refractivity contribution is -0.107. The summed E-state index contributed by atoms with van der Waals surface area (Å²) in [6, 6.07) is 10.5. The number of carbonyl (C=O) groups is 3. The third kappa shape index (κ3) is 6.97. The molecule has 13 nitrogen and oxygen atoms in total. The van der Waals surface area contributed by atoms with Crippen molar-refractivity contribution in [2.24, 2.45) is 7.05 Å². The number of hydrogen-bond donors (Lipinski definition) is 0. The number of aromatic nitrogens is 4. The molecule has 0 unspecified atom stereocenters. The van der Waals surface area contributed by atoms with Gasteiger partial charge in [-0.1, -0.05) is 35.6 Å². The van der Waals surface area contributed by atoms with Crippen molar-refractivity contribution in [3.8, 4) is 29.1 Å². The molecule has 51 heavy (non-hydrogen) atoms. The maximum absolute atomic E-state index is 13.7. The Balaban J connectivity index is 1.17. The fraction of sp³-hybridized carbons (Fsp3) is 0.351. The zero-order valence-corrected chi connectivity index (χ0v) is 29.8. The van der Waals surface area contributed by atoms with Gasteiger partial charge in [0.05, 0.1) is 47.3 Å². The van der Waals surface area contributed by atoms with Crippen molar-refractivity contribution < 1.29 is 23.9 Å². The van der Waals surface area contributed by atoms with Crippen molar-refractivity contribution in [1.29, 1.82) is 0 Å². The number of nitrogens with zero attached hydrogens (tertiary/aromatic N) is 7. The van der Waals surface area contributed by atoms with Gasteiger partial charge in [-0.2, -0.15) is 0 Å². The summed E-state index contributed by atoms with van der Waals surface area (Å²) in [5.74, 6) is 6.22. The van der Waals surface area contributed by atoms with E-state index in [1.54, 1.807) is 25.1 Å². The van der Waals surface area contributed by atoms with Crippen LogP contribution in [-0.4, -0.2) is 82.2 Å². The maximum Gasteiger partial charge on any atom is 0.279 e. The van der Waals surface area contributed by atoms with Crippen LogP contribution in [0, 0.1) is 11.8 Å². The molecule has 0 radical (unpaired) electrons. The average molecular weight is 712 g/mol. The number of piperidine rings is 1. The second-order valence-corrected chi connectivity index (χ2v) is 13.1. The number of aryl methyl sites for hydroxylation is 1. The van der Waals surface area contributed by atoms with Gasteiger partial charge in [0.2, 0.25) is 12.3 Å². The molecule has 14 heteroatoms. The number of pyridine rings is 2. The molecule has 1 saturated heterocycles. The fourth-order valence-electron chi connectivity index (χ4n) is 6.46. The topological polar surface area (TPSA) is 132 Å². The van der Waals surface area contributed by atoms with E-state index in [2.05, 4.69) is 16.8 Å². The van der Waals surface area contributed by atoms with Crippen molar-refractivity contribution in [2.75, 3.05) is 43.7 Å². The molecule has 0 spiro atoms. The van der Waals surface area contributed by atoms with E-state index in [9.17, 15) is 19.2 Å². The van der Waals surface area contributed by atoms with Gasteiger partial charge in [0.15, 0.2) is 5.69 Å². The lowest BCUT2D eigenvalue weighted by Crippen LogP contribution is -2.41. The molecule has 0 atom stereocenters. The first-order valence-corrected chi connectivity index (χ1v) is 16.9. The van der Waals surface area contributed by atoms with E-state index in [4.69, 9.17) is 26.1 Å². The van der Waals surface area contributed by atoms with E-state index < -0.39 is 5.91 Å². The van der Waals surface area contributed by atoms with Crippen molar-refractivity contribution in [3.05, 3.63) is 86.7 Å². The highest BCUT2D eigenvalue weighted by Gasteiger charge is 2.38. The van der Waals surface area contributed by atoms with Crippen LogP contribution in [0.2, 0.25) is 5.02 Å². The molecule has 3 aromatic heterocycles. The molecular weight excluding hydrogens is 674 g/mol. The number of carbonyl (C=O) groups excluding carboxylic acids is 3. The minimum Gasteiger partial charge on any atom is -0.480 e. The Morgan fingerprint density at radius 3 is 2.63 bits per heavy atom. The molecule has 0 saturated carbocycles. The monoisotopic (exact) mass is 711 g/mol. The number of ether oxygens (including phenoxy) is 2. The van der Waals surface area contributed by atoms with Gasteiger partial charge in [0, 0.05) is 51.2 Å². The molecule has 0 aliphatic carbocycles. The molecule has 1 aromatic carbocycles. The highest BCUT2D eigenvalue weighted by atomic mass is 35.5. The third-order valence-electron chi connectivity index (χ3n) is 9.02. The first kappa shape index (κ1) is 35.4. The highest BCUT2D eigenvalue weighted by Crippen LogP contribution is 2.37. The van der Waals surface area contributed by atoms with Gasteiger partial charge in [0.1, 0.15) is 18.1 Å². The first-order chi connectivity index (χ1) is 24.5. The number of halogens is 1. The summed E-state index contributed by atoms with van der Waals surface area (Å²) < 4.78 is 14.9. The minimum absolute atomic E-state index is 0.0501. The Morgan fingerprint density at radius 2 is 1.92 bits per heavy atom. The van der Waals surface area contributed by atoms with Crippen LogP contribution in [0.3, 0.4) is 0 Å². The van der Waals surface area contributed by atoms with Gasteiger partial charge in [-0.3, -0.25) is 24.1 Å². The summed E-state index contributed by atoms with van der Waals surface area (Å²) in [5, 5.41) is 0.332. The summed E-state index contributed by atoms with van der Waals surface area (Å²) in [6.45, 7) is 5.27. The summed E-state index contributed by atoms with van der Waals surface area (Å²) in [5.41, 5.74) is 2.97. The number of rotatable bonds is 9. The van der Waals surface area contributed by atoms with E-state index in [0.717, 1.165) is 17.7 Å². The van der Waals surface area contributed by atoms with Gasteiger partial charge in [-0.05, 0) is 51.0 Å². The van der Waals surface area contributed by atoms with E-state index in [1.165, 1.54) is 39.9 Å². The fourth-order valence-corrected chi connectivity index (χ4v) is 6.71. The number of imidazole rings is 1. The van der Waals surface area contributed by atoms with Crippen molar-refractivity contribution in [3.63, 3.8) is 0 Å². The number of hydrogen-bond acceptors (Lipinski definition) is 8. The summed E-state index contributed by atoms with van der Waals surface area (Å²) in [7, 11) is 4.75. The molecule has 4 aromatic rings. The van der Waals surface area contributed by atoms with Crippen LogP contribution in [0.25, 0.3) is 11.4 Å². The minimum atomic E-state index is -0.421. The Bertz CT molecular complexity index is 2120. The SMILES string of the molecule is COc1ncc(C(=O)N2CCC(OCC#Cc3ccccc3N(C)C=O)CC2)cc1-c1nc2c(n1C(C)C)CN(c1cc(Cl)cn(C)c1=O)C2=O. The summed E-state index contributed by atoms with van der Waals surface area (Å²) in [4.78, 5) is 65.4. The number of methoxy groups -OCH3 is 1. The quantitative estimate of drug-likeness (QED) is 0.185. The highest BCUT2D eigenvalue weighted by molar-refractivity contribution is 6.30. The van der Waals surface area contributed by atoms with Crippen LogP contribution in [0.4, 0.5) is 11.4 Å². The standard InChI is InChI=1S/C37H38ClN7O6/c1-23(2)45-31-21-44(30-18-26(38)20-41(3)36(30)48)37(49)32(31)40-33(45)28-17-25(19-39-34(28)50-5)35(47)43-14-12-27(13-15-43)51-16-8-10-24-9-6-7-11-29(24)42(4)22-46/h6-7,9,11,17-20,22-23,27H,12-16,21H2,1-5H3. The van der Waals surface area contributed by atoms with Crippen LogP contribution < -0.4 is 20.1 Å². The molecule has 1 fully saturated rings. The molecule has 2 aliphatic rings. The lowest BCUT2D eigenvalue weighted by Gasteiger charge is -2.31. The summed E-state index contributed by atoms with van der Waals surface area (Å²) >= 11 is 6.23. The molecular formula is C37H38ClN7O6. The van der Waals surface area contributed by atoms with Crippen LogP contribution in [0.5, 0.6) is 5.88 Å². The Kier molecular flexibility index (Phi) is 10.3. The molecule has 264 valence electrons. The van der Waals surface area contributed by atoms with Crippen LogP contribution >= 0.6 is 11.6 Å². The molecule has 2 aliphatic heterocycles. The van der Waals surface area contributed by atoms with E-state index in [0.29, 0.717) is 53.6 Å². The first-order valence-electron chi connectivity index (χ1n) is 16.5. The number of amides is 3. The number of anilines is 2.